The molecule has 3 fully saturated rings. The largest absolute Gasteiger partial charge is 0.383 e. The van der Waals surface area contributed by atoms with Gasteiger partial charge in [0.1, 0.15) is 6.10 Å². The Balaban J connectivity index is 1.63. The summed E-state index contributed by atoms with van der Waals surface area (Å²) in [4.78, 5) is 0. The van der Waals surface area contributed by atoms with Crippen LogP contribution in [-0.2, 0) is 9.47 Å². The first-order chi connectivity index (χ1) is 13.0. The number of halogens is 2. The van der Waals surface area contributed by atoms with Crippen molar-refractivity contribution in [3.8, 4) is 0 Å². The fourth-order valence-corrected chi connectivity index (χ4v) is 7.28. The summed E-state index contributed by atoms with van der Waals surface area (Å²) in [5, 5.41) is 10.0. The summed E-state index contributed by atoms with van der Waals surface area (Å²) in [7, 11) is 0. The SMILES string of the molecule is CCCCC(F)(F)C(O)C=CC1CCC2(OCCO2)C1CCC1SCCS1. The maximum absolute atomic E-state index is 14.1. The van der Waals surface area contributed by atoms with E-state index in [1.807, 2.05) is 36.5 Å². The molecule has 156 valence electrons. The molecule has 1 saturated carbocycles. The zero-order valence-corrected chi connectivity index (χ0v) is 17.7. The van der Waals surface area contributed by atoms with Gasteiger partial charge in [-0.15, -0.1) is 23.5 Å². The van der Waals surface area contributed by atoms with Crippen molar-refractivity contribution in [1.82, 2.24) is 0 Å². The molecule has 3 atom stereocenters. The van der Waals surface area contributed by atoms with E-state index in [-0.39, 0.29) is 18.3 Å². The quantitative estimate of drug-likeness (QED) is 0.524. The molecule has 0 aromatic rings. The van der Waals surface area contributed by atoms with Crippen molar-refractivity contribution in [3.63, 3.8) is 0 Å². The molecule has 1 N–H and O–H groups in total. The normalized spacial score (nSPS) is 30.1. The summed E-state index contributed by atoms with van der Waals surface area (Å²) in [6.45, 7) is 3.10. The van der Waals surface area contributed by atoms with Crippen LogP contribution in [0.15, 0.2) is 12.2 Å². The van der Waals surface area contributed by atoms with Crippen molar-refractivity contribution in [1.29, 1.82) is 0 Å². The molecule has 2 aliphatic heterocycles. The highest BCUT2D eigenvalue weighted by molar-refractivity contribution is 8.20. The molecule has 27 heavy (non-hydrogen) atoms. The van der Waals surface area contributed by atoms with Crippen molar-refractivity contribution in [2.75, 3.05) is 24.7 Å². The third kappa shape index (κ3) is 5.41. The minimum absolute atomic E-state index is 0.121. The molecule has 3 aliphatic rings. The van der Waals surface area contributed by atoms with E-state index in [1.54, 1.807) is 0 Å². The van der Waals surface area contributed by atoms with Gasteiger partial charge in [0.15, 0.2) is 5.79 Å². The summed E-state index contributed by atoms with van der Waals surface area (Å²) in [5.41, 5.74) is 0. The second kappa shape index (κ2) is 9.79. The van der Waals surface area contributed by atoms with Gasteiger partial charge in [0.25, 0.3) is 5.92 Å². The molecule has 1 spiro atoms. The van der Waals surface area contributed by atoms with E-state index in [0.29, 0.717) is 30.6 Å². The van der Waals surface area contributed by atoms with Gasteiger partial charge in [-0.25, -0.2) is 8.78 Å². The van der Waals surface area contributed by atoms with Gasteiger partial charge in [0.05, 0.1) is 17.8 Å². The highest BCUT2D eigenvalue weighted by atomic mass is 32.2. The van der Waals surface area contributed by atoms with E-state index >= 15 is 0 Å². The van der Waals surface area contributed by atoms with Crippen molar-refractivity contribution in [3.05, 3.63) is 12.2 Å². The van der Waals surface area contributed by atoms with Gasteiger partial charge >= 0.3 is 0 Å². The molecule has 0 amide bonds. The molecule has 2 saturated heterocycles. The first-order valence-corrected chi connectivity index (χ1v) is 12.3. The lowest BCUT2D eigenvalue weighted by atomic mass is 9.87. The Kier molecular flexibility index (Phi) is 7.93. The van der Waals surface area contributed by atoms with Gasteiger partial charge in [-0.1, -0.05) is 25.5 Å². The minimum Gasteiger partial charge on any atom is -0.383 e. The number of ether oxygens (including phenoxy) is 2. The molecule has 3 rings (SSSR count). The van der Waals surface area contributed by atoms with Crippen LogP contribution >= 0.6 is 23.5 Å². The second-order valence-corrected chi connectivity index (χ2v) is 10.7. The van der Waals surface area contributed by atoms with E-state index in [4.69, 9.17) is 9.47 Å². The van der Waals surface area contributed by atoms with Crippen LogP contribution in [0, 0.1) is 11.8 Å². The Hall–Kier alpha value is 0.180. The molecule has 0 radical (unpaired) electrons. The summed E-state index contributed by atoms with van der Waals surface area (Å²) >= 11 is 4.02. The van der Waals surface area contributed by atoms with E-state index in [1.165, 1.54) is 17.6 Å². The summed E-state index contributed by atoms with van der Waals surface area (Å²) in [6.07, 6.45) is 6.00. The molecule has 3 nitrogen and oxygen atoms in total. The maximum Gasteiger partial charge on any atom is 0.276 e. The van der Waals surface area contributed by atoms with Gasteiger partial charge in [-0.3, -0.25) is 0 Å². The van der Waals surface area contributed by atoms with Crippen molar-refractivity contribution in [2.24, 2.45) is 11.8 Å². The lowest BCUT2D eigenvalue weighted by molar-refractivity contribution is -0.185. The van der Waals surface area contributed by atoms with Crippen molar-refractivity contribution in [2.45, 2.75) is 74.3 Å². The monoisotopic (exact) mass is 422 g/mol. The Morgan fingerprint density at radius 1 is 1.22 bits per heavy atom. The molecule has 3 unspecified atom stereocenters. The molecular formula is C20H32F2O3S2. The minimum atomic E-state index is -3.06. The molecule has 0 aromatic heterocycles. The van der Waals surface area contributed by atoms with E-state index in [0.717, 1.165) is 25.7 Å². The second-order valence-electron chi connectivity index (χ2n) is 7.76. The molecular weight excluding hydrogens is 390 g/mol. The number of allylic oxidation sites excluding steroid dienone is 1. The molecule has 7 heteroatoms. The highest BCUT2D eigenvalue weighted by Gasteiger charge is 2.52. The number of hydrogen-bond acceptors (Lipinski definition) is 5. The molecule has 0 aromatic carbocycles. The predicted molar refractivity (Wildman–Crippen MR) is 108 cm³/mol. The van der Waals surface area contributed by atoms with Crippen molar-refractivity contribution < 1.29 is 23.4 Å². The lowest BCUT2D eigenvalue weighted by Gasteiger charge is -2.32. The fraction of sp³-hybridized carbons (Fsp3) is 0.900. The molecule has 1 aliphatic carbocycles. The maximum atomic E-state index is 14.1. The molecule has 0 bridgehead atoms. The Labute approximate surface area is 170 Å². The van der Waals surface area contributed by atoms with Crippen LogP contribution in [0.4, 0.5) is 8.78 Å². The van der Waals surface area contributed by atoms with E-state index < -0.39 is 17.8 Å². The average molecular weight is 423 g/mol. The van der Waals surface area contributed by atoms with E-state index in [2.05, 4.69) is 0 Å². The smallest absolute Gasteiger partial charge is 0.276 e. The Morgan fingerprint density at radius 3 is 2.59 bits per heavy atom. The fourth-order valence-electron chi connectivity index (χ4n) is 4.41. The van der Waals surface area contributed by atoms with Gasteiger partial charge in [-0.05, 0) is 31.6 Å². The van der Waals surface area contributed by atoms with Crippen LogP contribution in [0.25, 0.3) is 0 Å². The van der Waals surface area contributed by atoms with Crippen LogP contribution in [0.5, 0.6) is 0 Å². The van der Waals surface area contributed by atoms with Crippen molar-refractivity contribution >= 4 is 23.5 Å². The molecule has 2 heterocycles. The van der Waals surface area contributed by atoms with Crippen LogP contribution in [0.3, 0.4) is 0 Å². The Bertz CT molecular complexity index is 492. The third-order valence-corrected chi connectivity index (χ3v) is 9.09. The lowest BCUT2D eigenvalue weighted by Crippen LogP contribution is -2.37. The van der Waals surface area contributed by atoms with Crippen LogP contribution in [0.2, 0.25) is 0 Å². The Morgan fingerprint density at radius 2 is 1.93 bits per heavy atom. The number of alkyl halides is 2. The van der Waals surface area contributed by atoms with Gasteiger partial charge in [0.2, 0.25) is 0 Å². The van der Waals surface area contributed by atoms with Gasteiger partial charge < -0.3 is 14.6 Å². The van der Waals surface area contributed by atoms with E-state index in [9.17, 15) is 13.9 Å². The number of aliphatic hydroxyl groups is 1. The number of unbranched alkanes of at least 4 members (excludes halogenated alkanes) is 1. The first-order valence-electron chi connectivity index (χ1n) is 10.2. The van der Waals surface area contributed by atoms with Gasteiger partial charge in [-0.2, -0.15) is 0 Å². The van der Waals surface area contributed by atoms with Crippen LogP contribution in [-0.4, -0.2) is 52.2 Å². The van der Waals surface area contributed by atoms with Gasteiger partial charge in [0, 0.05) is 30.3 Å². The first kappa shape index (κ1) is 21.9. The summed E-state index contributed by atoms with van der Waals surface area (Å²) in [6, 6.07) is 0. The predicted octanol–water partition coefficient (Wildman–Crippen LogP) is 5.08. The van der Waals surface area contributed by atoms with Crippen LogP contribution in [0.1, 0.15) is 51.9 Å². The standard InChI is InChI=1S/C20H32F2O3S2/c1-2-3-9-19(21,22)17(23)6-4-15-8-10-20(24-11-12-25-20)16(15)5-7-18-26-13-14-27-18/h4,6,15-18,23H,2-3,5,7-14H2,1H3. The number of hydrogen-bond donors (Lipinski definition) is 1. The number of thioether (sulfide) groups is 2. The number of aliphatic hydroxyl groups excluding tert-OH is 1. The summed E-state index contributed by atoms with van der Waals surface area (Å²) < 4.78 is 40.8. The zero-order chi connectivity index (χ0) is 19.3. The summed E-state index contributed by atoms with van der Waals surface area (Å²) in [5.74, 6) is -0.888. The topological polar surface area (TPSA) is 38.7 Å². The zero-order valence-electron chi connectivity index (χ0n) is 16.1. The van der Waals surface area contributed by atoms with Crippen LogP contribution < -0.4 is 0 Å². The average Bonchev–Trinajstić information content (AvgIpc) is 3.39. The number of rotatable bonds is 9. The highest BCUT2D eigenvalue weighted by Crippen LogP contribution is 2.50. The third-order valence-electron chi connectivity index (χ3n) is 5.93.